The van der Waals surface area contributed by atoms with Crippen molar-refractivity contribution in [2.24, 2.45) is 5.73 Å². The number of ether oxygens (including phenoxy) is 1. The summed E-state index contributed by atoms with van der Waals surface area (Å²) in [6, 6.07) is 0. The Balaban J connectivity index is 0.000000461. The molecule has 0 radical (unpaired) electrons. The molecule has 0 aliphatic carbocycles. The van der Waals surface area contributed by atoms with Crippen LogP contribution in [0.15, 0.2) is 24.8 Å². The quantitative estimate of drug-likeness (QED) is 0.472. The normalized spacial score (nSPS) is 19.6. The van der Waals surface area contributed by atoms with Gasteiger partial charge in [0.15, 0.2) is 11.5 Å². The second kappa shape index (κ2) is 10.7. The van der Waals surface area contributed by atoms with Crippen LogP contribution in [0.1, 0.15) is 39.8 Å². The molecule has 2 aromatic heterocycles. The van der Waals surface area contributed by atoms with Crippen LogP contribution in [0.4, 0.5) is 5.82 Å². The first-order valence-corrected chi connectivity index (χ1v) is 8.34. The van der Waals surface area contributed by atoms with E-state index in [9.17, 15) is 0 Å². The largest absolute Gasteiger partial charge is 0.382 e. The van der Waals surface area contributed by atoms with Gasteiger partial charge in [-0.25, -0.2) is 15.0 Å². The highest BCUT2D eigenvalue weighted by Crippen LogP contribution is 2.31. The number of hydrogen-bond donors (Lipinski definition) is 4. The van der Waals surface area contributed by atoms with Crippen molar-refractivity contribution in [3.05, 3.63) is 24.8 Å². The van der Waals surface area contributed by atoms with E-state index in [0.717, 1.165) is 12.8 Å². The lowest BCUT2D eigenvalue weighted by molar-refractivity contribution is -0.0228. The van der Waals surface area contributed by atoms with Gasteiger partial charge in [0.1, 0.15) is 24.4 Å². The Kier molecular flexibility index (Phi) is 9.00. The smallest absolute Gasteiger partial charge is 0.167 e. The fraction of sp³-hybridized carbons (Fsp3) is 0.562. The Morgan fingerprint density at radius 3 is 2.64 bits per heavy atom. The van der Waals surface area contributed by atoms with Crippen molar-refractivity contribution in [2.45, 2.75) is 52.2 Å². The van der Waals surface area contributed by atoms with E-state index in [4.69, 9.17) is 26.4 Å². The van der Waals surface area contributed by atoms with Crippen LogP contribution in [0, 0.1) is 0 Å². The lowest BCUT2D eigenvalue weighted by Crippen LogP contribution is -2.10. The molecule has 3 heterocycles. The first kappa shape index (κ1) is 21.0. The standard InChI is InChI=1S/C12H16N6O.C2H6O2.C2H6/c13-5-1-2-8-3-4-9(19-8)18-7-17-10-11(14)15-6-16-12(10)18;1-2(3)4;1-2/h1-2,6-9H,3-5,13H2,(H2,14,15,16);2-4H,1H3;1-2H3/b2-1+;;. The van der Waals surface area contributed by atoms with Crippen LogP contribution >= 0.6 is 0 Å². The number of nitrogens with zero attached hydrogens (tertiary/aromatic N) is 4. The molecular formula is C16H28N6O3. The zero-order chi connectivity index (χ0) is 18.8. The first-order valence-electron chi connectivity index (χ1n) is 8.34. The molecule has 3 rings (SSSR count). The molecule has 6 N–H and O–H groups in total. The maximum absolute atomic E-state index is 7.61. The number of hydrogen-bond acceptors (Lipinski definition) is 8. The number of aliphatic hydroxyl groups is 2. The fourth-order valence-corrected chi connectivity index (χ4v) is 2.30. The SMILES string of the molecule is CC.CC(O)O.NC/C=C/C1CCC(n2cnc3c(N)ncnc32)O1. The van der Waals surface area contributed by atoms with E-state index < -0.39 is 6.29 Å². The van der Waals surface area contributed by atoms with Crippen LogP contribution in [0.25, 0.3) is 11.2 Å². The van der Waals surface area contributed by atoms with Gasteiger partial charge in [0.2, 0.25) is 0 Å². The number of nitrogen functional groups attached to an aromatic ring is 1. The van der Waals surface area contributed by atoms with Crippen molar-refractivity contribution in [1.82, 2.24) is 19.5 Å². The third kappa shape index (κ3) is 6.05. The molecule has 25 heavy (non-hydrogen) atoms. The minimum absolute atomic E-state index is 0.0632. The minimum Gasteiger partial charge on any atom is -0.382 e. The van der Waals surface area contributed by atoms with Crippen LogP contribution in [0.2, 0.25) is 0 Å². The molecule has 1 aliphatic heterocycles. The number of aliphatic hydroxyl groups excluding tert-OH is 1. The average molecular weight is 352 g/mol. The zero-order valence-corrected chi connectivity index (χ0v) is 14.9. The predicted molar refractivity (Wildman–Crippen MR) is 96.3 cm³/mol. The van der Waals surface area contributed by atoms with E-state index in [0.29, 0.717) is 23.5 Å². The Labute approximate surface area is 147 Å². The summed E-state index contributed by atoms with van der Waals surface area (Å²) in [7, 11) is 0. The van der Waals surface area contributed by atoms with Crippen molar-refractivity contribution in [3.63, 3.8) is 0 Å². The summed E-state index contributed by atoms with van der Waals surface area (Å²) in [5, 5.41) is 15.2. The second-order valence-corrected chi connectivity index (χ2v) is 5.09. The van der Waals surface area contributed by atoms with Crippen LogP contribution in [0.5, 0.6) is 0 Å². The van der Waals surface area contributed by atoms with Gasteiger partial charge in [0.25, 0.3) is 0 Å². The van der Waals surface area contributed by atoms with Gasteiger partial charge in [-0.2, -0.15) is 0 Å². The summed E-state index contributed by atoms with van der Waals surface area (Å²) in [4.78, 5) is 12.4. The van der Waals surface area contributed by atoms with E-state index in [-0.39, 0.29) is 12.3 Å². The van der Waals surface area contributed by atoms with E-state index >= 15 is 0 Å². The number of nitrogens with two attached hydrogens (primary N) is 2. The summed E-state index contributed by atoms with van der Waals surface area (Å²) in [6.07, 6.45) is 7.81. The lowest BCUT2D eigenvalue weighted by Gasteiger charge is -2.13. The number of fused-ring (bicyclic) bond motifs is 1. The molecule has 1 fully saturated rings. The highest BCUT2D eigenvalue weighted by molar-refractivity contribution is 5.81. The Hall–Kier alpha value is -2.07. The van der Waals surface area contributed by atoms with Gasteiger partial charge in [-0.1, -0.05) is 26.0 Å². The number of anilines is 1. The minimum atomic E-state index is -1.17. The van der Waals surface area contributed by atoms with E-state index in [1.165, 1.54) is 13.3 Å². The molecule has 2 atom stereocenters. The summed E-state index contributed by atoms with van der Waals surface area (Å²) >= 11 is 0. The Morgan fingerprint density at radius 1 is 1.32 bits per heavy atom. The van der Waals surface area contributed by atoms with Crippen LogP contribution in [0.3, 0.4) is 0 Å². The van der Waals surface area contributed by atoms with E-state index in [1.54, 1.807) is 6.33 Å². The van der Waals surface area contributed by atoms with Gasteiger partial charge in [-0.05, 0) is 19.8 Å². The fourth-order valence-electron chi connectivity index (χ4n) is 2.30. The monoisotopic (exact) mass is 352 g/mol. The Bertz CT molecular complexity index is 656. The van der Waals surface area contributed by atoms with Crippen LogP contribution in [-0.2, 0) is 4.74 Å². The number of aromatic nitrogens is 4. The molecule has 9 nitrogen and oxygen atoms in total. The topological polar surface area (TPSA) is 145 Å². The van der Waals surface area contributed by atoms with Gasteiger partial charge in [0, 0.05) is 6.54 Å². The van der Waals surface area contributed by atoms with Crippen molar-refractivity contribution < 1.29 is 14.9 Å². The molecule has 0 spiro atoms. The summed E-state index contributed by atoms with van der Waals surface area (Å²) in [6.45, 7) is 5.81. The Morgan fingerprint density at radius 2 is 2.00 bits per heavy atom. The molecule has 0 aromatic carbocycles. The highest BCUT2D eigenvalue weighted by Gasteiger charge is 2.26. The van der Waals surface area contributed by atoms with Gasteiger partial charge >= 0.3 is 0 Å². The second-order valence-electron chi connectivity index (χ2n) is 5.09. The molecular weight excluding hydrogens is 324 g/mol. The van der Waals surface area contributed by atoms with Crippen molar-refractivity contribution >= 4 is 17.0 Å². The molecule has 2 unspecified atom stereocenters. The van der Waals surface area contributed by atoms with E-state index in [1.807, 2.05) is 30.6 Å². The summed E-state index contributed by atoms with van der Waals surface area (Å²) in [5.74, 6) is 0.390. The number of imidazole rings is 1. The first-order chi connectivity index (χ1) is 12.0. The lowest BCUT2D eigenvalue weighted by atomic mass is 10.2. The van der Waals surface area contributed by atoms with Gasteiger partial charge in [-0.3, -0.25) is 4.57 Å². The van der Waals surface area contributed by atoms with Gasteiger partial charge < -0.3 is 26.4 Å². The van der Waals surface area contributed by atoms with Gasteiger partial charge in [0.05, 0.1) is 12.4 Å². The molecule has 140 valence electrons. The van der Waals surface area contributed by atoms with E-state index in [2.05, 4.69) is 15.0 Å². The van der Waals surface area contributed by atoms with Crippen LogP contribution in [-0.4, -0.2) is 48.7 Å². The molecule has 2 aromatic rings. The predicted octanol–water partition coefficient (Wildman–Crippen LogP) is 0.944. The third-order valence-electron chi connectivity index (χ3n) is 3.21. The van der Waals surface area contributed by atoms with Gasteiger partial charge in [-0.15, -0.1) is 0 Å². The molecule has 0 amide bonds. The molecule has 1 saturated heterocycles. The molecule has 0 saturated carbocycles. The number of rotatable bonds is 3. The zero-order valence-electron chi connectivity index (χ0n) is 14.9. The van der Waals surface area contributed by atoms with Crippen molar-refractivity contribution in [3.8, 4) is 0 Å². The third-order valence-corrected chi connectivity index (χ3v) is 3.21. The molecule has 1 aliphatic rings. The molecule has 9 heteroatoms. The maximum Gasteiger partial charge on any atom is 0.167 e. The molecule has 0 bridgehead atoms. The van der Waals surface area contributed by atoms with Crippen molar-refractivity contribution in [1.29, 1.82) is 0 Å². The summed E-state index contributed by atoms with van der Waals surface area (Å²) < 4.78 is 7.84. The average Bonchev–Trinajstić information content (AvgIpc) is 3.21. The van der Waals surface area contributed by atoms with Crippen LogP contribution < -0.4 is 11.5 Å². The highest BCUT2D eigenvalue weighted by atomic mass is 16.5. The maximum atomic E-state index is 7.61. The summed E-state index contributed by atoms with van der Waals surface area (Å²) in [5.41, 5.74) is 12.5. The van der Waals surface area contributed by atoms with Crippen molar-refractivity contribution in [2.75, 3.05) is 12.3 Å².